The van der Waals surface area contributed by atoms with Crippen LogP contribution in [0, 0.1) is 10.1 Å². The normalized spacial score (nSPS) is 10.0. The molecule has 0 saturated heterocycles. The Morgan fingerprint density at radius 3 is 1.95 bits per heavy atom. The van der Waals surface area contributed by atoms with Crippen LogP contribution in [0.2, 0.25) is 0 Å². The predicted octanol–water partition coefficient (Wildman–Crippen LogP) is 2.36. The van der Waals surface area contributed by atoms with Crippen molar-refractivity contribution in [1.29, 1.82) is 0 Å². The Kier molecular flexibility index (Phi) is 3.98. The highest BCUT2D eigenvalue weighted by Gasteiger charge is 2.11. The van der Waals surface area contributed by atoms with Crippen molar-refractivity contribution >= 4 is 23.1 Å². The van der Waals surface area contributed by atoms with Gasteiger partial charge in [-0.3, -0.25) is 10.1 Å². The highest BCUT2D eigenvalue weighted by Crippen LogP contribution is 2.37. The first kappa shape index (κ1) is 14.9. The van der Waals surface area contributed by atoms with E-state index in [-0.39, 0.29) is 11.4 Å². The highest BCUT2D eigenvalue weighted by atomic mass is 16.6. The molecular formula is C13H11N3O6. The van der Waals surface area contributed by atoms with Crippen molar-refractivity contribution in [3.05, 3.63) is 46.5 Å². The zero-order valence-corrected chi connectivity index (χ0v) is 11.0. The van der Waals surface area contributed by atoms with Crippen molar-refractivity contribution in [1.82, 2.24) is 0 Å². The van der Waals surface area contributed by atoms with Crippen LogP contribution in [0.3, 0.4) is 0 Å². The van der Waals surface area contributed by atoms with Crippen LogP contribution in [0.5, 0.6) is 17.2 Å². The number of anilines is 2. The molecule has 0 heterocycles. The number of carbonyl (C=O) groups excluding carboxylic acids is 1. The molecule has 0 aliphatic heterocycles. The van der Waals surface area contributed by atoms with Crippen molar-refractivity contribution in [2.24, 2.45) is 0 Å². The van der Waals surface area contributed by atoms with Crippen LogP contribution in [0.25, 0.3) is 0 Å². The molecule has 2 aromatic carbocycles. The summed E-state index contributed by atoms with van der Waals surface area (Å²) in [6.07, 6.45) is 0. The molecule has 2 rings (SSSR count). The van der Waals surface area contributed by atoms with Gasteiger partial charge in [-0.05, 0) is 12.1 Å². The average molecular weight is 305 g/mol. The number of aromatic hydroxyl groups is 3. The Balaban J connectivity index is 2.05. The Hall–Kier alpha value is -3.49. The lowest BCUT2D eigenvalue weighted by Gasteiger charge is -2.09. The number of nitro groups is 1. The summed E-state index contributed by atoms with van der Waals surface area (Å²) in [6.45, 7) is 0. The van der Waals surface area contributed by atoms with E-state index in [9.17, 15) is 30.2 Å². The molecule has 0 radical (unpaired) electrons. The minimum Gasteiger partial charge on any atom is -0.504 e. The molecule has 0 spiro atoms. The number of urea groups is 1. The van der Waals surface area contributed by atoms with Gasteiger partial charge in [0.25, 0.3) is 5.69 Å². The average Bonchev–Trinajstić information content (AvgIpc) is 2.45. The number of benzene rings is 2. The number of phenols is 3. The van der Waals surface area contributed by atoms with Gasteiger partial charge in [-0.2, -0.15) is 0 Å². The molecule has 9 heteroatoms. The fourth-order valence-corrected chi connectivity index (χ4v) is 1.64. The second-order valence-electron chi connectivity index (χ2n) is 4.25. The molecule has 2 aromatic rings. The minimum absolute atomic E-state index is 0.0483. The monoisotopic (exact) mass is 305 g/mol. The molecule has 0 atom stereocenters. The van der Waals surface area contributed by atoms with Crippen LogP contribution >= 0.6 is 0 Å². The fraction of sp³-hybridized carbons (Fsp3) is 0. The van der Waals surface area contributed by atoms with Crippen molar-refractivity contribution in [2.75, 3.05) is 10.6 Å². The number of rotatable bonds is 3. The molecule has 0 aromatic heterocycles. The van der Waals surface area contributed by atoms with Gasteiger partial charge in [0, 0.05) is 30.0 Å². The molecule has 5 N–H and O–H groups in total. The SMILES string of the molecule is O=C(Nc1ccc([N+](=O)[O-])cc1)Nc1cc(O)c(O)c(O)c1. The van der Waals surface area contributed by atoms with Gasteiger partial charge in [0.1, 0.15) is 0 Å². The number of hydrogen-bond donors (Lipinski definition) is 5. The van der Waals surface area contributed by atoms with Gasteiger partial charge in [-0.1, -0.05) is 0 Å². The Morgan fingerprint density at radius 2 is 1.45 bits per heavy atom. The van der Waals surface area contributed by atoms with E-state index in [0.29, 0.717) is 5.69 Å². The van der Waals surface area contributed by atoms with E-state index in [1.165, 1.54) is 24.3 Å². The molecule has 22 heavy (non-hydrogen) atoms. The van der Waals surface area contributed by atoms with Gasteiger partial charge in [0.15, 0.2) is 17.2 Å². The van der Waals surface area contributed by atoms with E-state index in [1.807, 2.05) is 0 Å². The van der Waals surface area contributed by atoms with Crippen LogP contribution in [0.15, 0.2) is 36.4 Å². The van der Waals surface area contributed by atoms with E-state index >= 15 is 0 Å². The van der Waals surface area contributed by atoms with E-state index in [4.69, 9.17) is 0 Å². The molecule has 9 nitrogen and oxygen atoms in total. The van der Waals surface area contributed by atoms with Crippen LogP contribution < -0.4 is 10.6 Å². The summed E-state index contributed by atoms with van der Waals surface area (Å²) in [6, 6.07) is 6.56. The number of hydrogen-bond acceptors (Lipinski definition) is 6. The topological polar surface area (TPSA) is 145 Å². The lowest BCUT2D eigenvalue weighted by molar-refractivity contribution is -0.384. The van der Waals surface area contributed by atoms with Crippen molar-refractivity contribution in [2.45, 2.75) is 0 Å². The summed E-state index contributed by atoms with van der Waals surface area (Å²) in [4.78, 5) is 21.7. The highest BCUT2D eigenvalue weighted by molar-refractivity contribution is 6.00. The van der Waals surface area contributed by atoms with Crippen LogP contribution in [-0.2, 0) is 0 Å². The Bertz CT molecular complexity index is 706. The first-order valence-electron chi connectivity index (χ1n) is 5.94. The minimum atomic E-state index is -0.696. The van der Waals surface area contributed by atoms with Crippen LogP contribution in [0.1, 0.15) is 0 Å². The number of amides is 2. The van der Waals surface area contributed by atoms with Gasteiger partial charge >= 0.3 is 6.03 Å². The first-order valence-corrected chi connectivity index (χ1v) is 5.94. The fourth-order valence-electron chi connectivity index (χ4n) is 1.64. The van der Waals surface area contributed by atoms with E-state index in [1.54, 1.807) is 0 Å². The summed E-state index contributed by atoms with van der Waals surface area (Å²) in [5.74, 6) is -1.88. The first-order chi connectivity index (χ1) is 10.4. The number of non-ortho nitro benzene ring substituents is 1. The third-order valence-electron chi connectivity index (χ3n) is 2.66. The molecule has 0 saturated carbocycles. The molecule has 0 unspecified atom stereocenters. The molecule has 114 valence electrons. The van der Waals surface area contributed by atoms with Gasteiger partial charge in [0.05, 0.1) is 10.6 Å². The summed E-state index contributed by atoms with van der Waals surface area (Å²) >= 11 is 0. The Labute approximate surface area is 123 Å². The predicted molar refractivity (Wildman–Crippen MR) is 77.2 cm³/mol. The quantitative estimate of drug-likeness (QED) is 0.255. The summed E-state index contributed by atoms with van der Waals surface area (Å²) < 4.78 is 0. The molecule has 2 amide bonds. The molecule has 0 bridgehead atoms. The van der Waals surface area contributed by atoms with Gasteiger partial charge in [-0.15, -0.1) is 0 Å². The second-order valence-corrected chi connectivity index (χ2v) is 4.25. The van der Waals surface area contributed by atoms with E-state index in [0.717, 1.165) is 12.1 Å². The van der Waals surface area contributed by atoms with Gasteiger partial charge < -0.3 is 26.0 Å². The lowest BCUT2D eigenvalue weighted by atomic mass is 10.2. The molecular weight excluding hydrogens is 294 g/mol. The molecule has 0 aliphatic carbocycles. The van der Waals surface area contributed by atoms with Crippen molar-refractivity contribution in [3.8, 4) is 17.2 Å². The van der Waals surface area contributed by atoms with Crippen molar-refractivity contribution in [3.63, 3.8) is 0 Å². The Morgan fingerprint density at radius 1 is 0.955 bits per heavy atom. The van der Waals surface area contributed by atoms with Crippen molar-refractivity contribution < 1.29 is 25.0 Å². The summed E-state index contributed by atoms with van der Waals surface area (Å²) in [7, 11) is 0. The van der Waals surface area contributed by atoms with Gasteiger partial charge in [0.2, 0.25) is 0 Å². The standard InChI is InChI=1S/C13H11N3O6/c17-10-5-8(6-11(18)12(10)19)15-13(20)14-7-1-3-9(4-2-7)16(21)22/h1-6,17-19H,(H2,14,15,20). The van der Waals surface area contributed by atoms with Crippen LogP contribution in [-0.4, -0.2) is 26.3 Å². The maximum absolute atomic E-state index is 11.7. The number of nitrogens with one attached hydrogen (secondary N) is 2. The molecule has 0 fully saturated rings. The number of carbonyl (C=O) groups is 1. The summed E-state index contributed by atoms with van der Waals surface area (Å²) in [5, 5.41) is 43.1. The lowest BCUT2D eigenvalue weighted by Crippen LogP contribution is -2.19. The molecule has 0 aliphatic rings. The largest absolute Gasteiger partial charge is 0.504 e. The maximum Gasteiger partial charge on any atom is 0.323 e. The smallest absolute Gasteiger partial charge is 0.323 e. The zero-order valence-electron chi connectivity index (χ0n) is 11.0. The number of nitrogens with zero attached hydrogens (tertiary/aromatic N) is 1. The van der Waals surface area contributed by atoms with Gasteiger partial charge in [-0.25, -0.2) is 4.79 Å². The third-order valence-corrected chi connectivity index (χ3v) is 2.66. The van der Waals surface area contributed by atoms with Crippen LogP contribution in [0.4, 0.5) is 21.9 Å². The second kappa shape index (κ2) is 5.87. The van der Waals surface area contributed by atoms with E-state index < -0.39 is 28.2 Å². The zero-order chi connectivity index (χ0) is 16.3. The number of phenolic OH excluding ortho intramolecular Hbond substituents is 3. The summed E-state index contributed by atoms with van der Waals surface area (Å²) in [5.41, 5.74) is 0.252. The van der Waals surface area contributed by atoms with E-state index in [2.05, 4.69) is 10.6 Å². The number of nitro benzene ring substituents is 1. The third kappa shape index (κ3) is 3.33. The maximum atomic E-state index is 11.7.